The molecule has 0 amide bonds. The topological polar surface area (TPSA) is 29.5 Å². The van der Waals surface area contributed by atoms with Gasteiger partial charge in [-0.3, -0.25) is 0 Å². The van der Waals surface area contributed by atoms with Crippen LogP contribution in [0.1, 0.15) is 23.7 Å². The van der Waals surface area contributed by atoms with Crippen LogP contribution in [0.15, 0.2) is 51.4 Å². The number of ether oxygens (including phenoxy) is 1. The number of aliphatic hydroxyl groups is 1. The summed E-state index contributed by atoms with van der Waals surface area (Å²) in [4.78, 5) is 0. The molecular weight excluding hydrogens is 384 g/mol. The molecule has 0 aliphatic rings. The van der Waals surface area contributed by atoms with Crippen molar-refractivity contribution in [3.05, 3.63) is 62.5 Å². The average molecular weight is 400 g/mol. The number of rotatable bonds is 5. The van der Waals surface area contributed by atoms with E-state index in [1.807, 2.05) is 42.5 Å². The van der Waals surface area contributed by atoms with Crippen LogP contribution >= 0.6 is 31.9 Å². The fourth-order valence-electron chi connectivity index (χ4n) is 2.02. The summed E-state index contributed by atoms with van der Waals surface area (Å²) in [6, 6.07) is 13.8. The van der Waals surface area contributed by atoms with Crippen LogP contribution in [0, 0.1) is 0 Å². The van der Waals surface area contributed by atoms with Crippen molar-refractivity contribution < 1.29 is 9.84 Å². The molecule has 2 nitrogen and oxygen atoms in total. The summed E-state index contributed by atoms with van der Waals surface area (Å²) < 4.78 is 7.05. The summed E-state index contributed by atoms with van der Waals surface area (Å²) in [6.07, 6.45) is 1.04. The minimum Gasteiger partial charge on any atom is -0.497 e. The molecule has 1 unspecified atom stereocenters. The molecule has 0 aromatic heterocycles. The molecule has 20 heavy (non-hydrogen) atoms. The van der Waals surface area contributed by atoms with E-state index in [4.69, 9.17) is 4.74 Å². The second-order valence-corrected chi connectivity index (χ2v) is 6.34. The molecule has 2 aromatic carbocycles. The Morgan fingerprint density at radius 1 is 1.10 bits per heavy atom. The number of aryl methyl sites for hydroxylation is 1. The molecule has 4 heteroatoms. The van der Waals surface area contributed by atoms with Crippen LogP contribution < -0.4 is 4.74 Å². The van der Waals surface area contributed by atoms with Crippen molar-refractivity contribution in [3.63, 3.8) is 0 Å². The molecule has 0 heterocycles. The summed E-state index contributed by atoms with van der Waals surface area (Å²) in [7, 11) is 1.66. The van der Waals surface area contributed by atoms with Crippen molar-refractivity contribution in [1.82, 2.24) is 0 Å². The first-order chi connectivity index (χ1) is 9.60. The van der Waals surface area contributed by atoms with Crippen LogP contribution in [0.3, 0.4) is 0 Å². The van der Waals surface area contributed by atoms with Crippen LogP contribution in [0.5, 0.6) is 5.75 Å². The Bertz CT molecular complexity index is 567. The summed E-state index contributed by atoms with van der Waals surface area (Å²) >= 11 is 6.90. The Labute approximate surface area is 136 Å². The summed E-state index contributed by atoms with van der Waals surface area (Å²) in [5.74, 6) is 0.852. The van der Waals surface area contributed by atoms with Crippen molar-refractivity contribution in [2.45, 2.75) is 18.9 Å². The number of hydrogen-bond donors (Lipinski definition) is 1. The smallest absolute Gasteiger partial charge is 0.118 e. The Hall–Kier alpha value is -0.840. The molecule has 0 radical (unpaired) electrons. The third-order valence-electron chi connectivity index (χ3n) is 3.19. The fourth-order valence-corrected chi connectivity index (χ4v) is 3.33. The van der Waals surface area contributed by atoms with Gasteiger partial charge in [0.1, 0.15) is 5.75 Å². The monoisotopic (exact) mass is 398 g/mol. The lowest BCUT2D eigenvalue weighted by molar-refractivity contribution is 0.167. The Balaban J connectivity index is 1.98. The number of methoxy groups -OCH3 is 1. The van der Waals surface area contributed by atoms with Crippen molar-refractivity contribution in [3.8, 4) is 5.75 Å². The van der Waals surface area contributed by atoms with E-state index in [-0.39, 0.29) is 0 Å². The Kier molecular flexibility index (Phi) is 5.64. The van der Waals surface area contributed by atoms with E-state index in [2.05, 4.69) is 31.9 Å². The van der Waals surface area contributed by atoms with Gasteiger partial charge < -0.3 is 9.84 Å². The highest BCUT2D eigenvalue weighted by molar-refractivity contribution is 9.11. The molecule has 2 rings (SSSR count). The molecule has 1 N–H and O–H groups in total. The molecule has 0 saturated carbocycles. The van der Waals surface area contributed by atoms with Crippen LogP contribution in [0.2, 0.25) is 0 Å². The lowest BCUT2D eigenvalue weighted by atomic mass is 10.0. The van der Waals surface area contributed by atoms with Crippen molar-refractivity contribution >= 4 is 31.9 Å². The van der Waals surface area contributed by atoms with Crippen LogP contribution in [-0.2, 0) is 6.42 Å². The van der Waals surface area contributed by atoms with E-state index < -0.39 is 6.10 Å². The summed E-state index contributed by atoms with van der Waals surface area (Å²) in [5, 5.41) is 10.3. The molecule has 0 aliphatic heterocycles. The maximum absolute atomic E-state index is 10.3. The van der Waals surface area contributed by atoms with Gasteiger partial charge in [-0.25, -0.2) is 0 Å². The fraction of sp³-hybridized carbons (Fsp3) is 0.250. The van der Waals surface area contributed by atoms with Gasteiger partial charge >= 0.3 is 0 Å². The molecule has 0 spiro atoms. The van der Waals surface area contributed by atoms with E-state index in [1.165, 1.54) is 5.56 Å². The predicted molar refractivity (Wildman–Crippen MR) is 88.1 cm³/mol. The summed E-state index contributed by atoms with van der Waals surface area (Å²) in [5.41, 5.74) is 2.11. The normalized spacial score (nSPS) is 12.2. The van der Waals surface area contributed by atoms with Gasteiger partial charge in [0.05, 0.1) is 13.2 Å². The lowest BCUT2D eigenvalue weighted by Gasteiger charge is -2.13. The van der Waals surface area contributed by atoms with Gasteiger partial charge in [0, 0.05) is 8.95 Å². The predicted octanol–water partition coefficient (Wildman–Crippen LogP) is 4.89. The third-order valence-corrected chi connectivity index (χ3v) is 4.37. The summed E-state index contributed by atoms with van der Waals surface area (Å²) in [6.45, 7) is 0. The van der Waals surface area contributed by atoms with Crippen molar-refractivity contribution in [1.29, 1.82) is 0 Å². The van der Waals surface area contributed by atoms with Crippen LogP contribution in [-0.4, -0.2) is 12.2 Å². The van der Waals surface area contributed by atoms with E-state index >= 15 is 0 Å². The minimum atomic E-state index is -0.473. The molecule has 0 bridgehead atoms. The van der Waals surface area contributed by atoms with Gasteiger partial charge in [-0.1, -0.05) is 50.1 Å². The maximum atomic E-state index is 10.3. The highest BCUT2D eigenvalue weighted by atomic mass is 79.9. The standard InChI is InChI=1S/C16H16Br2O2/c1-20-13-6-2-11(3-7-13)4-9-16(19)14-8-5-12(17)10-15(14)18/h2-3,5-8,10,16,19H,4,9H2,1H3. The number of benzene rings is 2. The maximum Gasteiger partial charge on any atom is 0.118 e. The van der Waals surface area contributed by atoms with Crippen molar-refractivity contribution in [2.75, 3.05) is 7.11 Å². The number of hydrogen-bond acceptors (Lipinski definition) is 2. The van der Waals surface area contributed by atoms with E-state index in [0.29, 0.717) is 6.42 Å². The minimum absolute atomic E-state index is 0.473. The van der Waals surface area contributed by atoms with E-state index in [9.17, 15) is 5.11 Å². The molecule has 1 atom stereocenters. The van der Waals surface area contributed by atoms with Gasteiger partial charge in [0.25, 0.3) is 0 Å². The Morgan fingerprint density at radius 2 is 1.80 bits per heavy atom. The first-order valence-electron chi connectivity index (χ1n) is 6.36. The highest BCUT2D eigenvalue weighted by Crippen LogP contribution is 2.29. The average Bonchev–Trinajstić information content (AvgIpc) is 2.45. The highest BCUT2D eigenvalue weighted by Gasteiger charge is 2.11. The molecule has 2 aromatic rings. The van der Waals surface area contributed by atoms with Gasteiger partial charge in [-0.15, -0.1) is 0 Å². The van der Waals surface area contributed by atoms with Crippen molar-refractivity contribution in [2.24, 2.45) is 0 Å². The molecular formula is C16H16Br2O2. The first kappa shape index (κ1) is 15.5. The van der Waals surface area contributed by atoms with Gasteiger partial charge in [-0.05, 0) is 48.2 Å². The van der Waals surface area contributed by atoms with Gasteiger partial charge in [-0.2, -0.15) is 0 Å². The Morgan fingerprint density at radius 3 is 2.40 bits per heavy atom. The number of aliphatic hydroxyl groups excluding tert-OH is 1. The van der Waals surface area contributed by atoms with Gasteiger partial charge in [0.15, 0.2) is 0 Å². The van der Waals surface area contributed by atoms with Gasteiger partial charge in [0.2, 0.25) is 0 Å². The van der Waals surface area contributed by atoms with E-state index in [0.717, 1.165) is 26.7 Å². The number of halogens is 2. The molecule has 0 fully saturated rings. The zero-order chi connectivity index (χ0) is 14.5. The second-order valence-electron chi connectivity index (χ2n) is 4.57. The zero-order valence-electron chi connectivity index (χ0n) is 11.1. The van der Waals surface area contributed by atoms with Crippen LogP contribution in [0.4, 0.5) is 0 Å². The largest absolute Gasteiger partial charge is 0.497 e. The SMILES string of the molecule is COc1ccc(CCC(O)c2ccc(Br)cc2Br)cc1. The van der Waals surface area contributed by atoms with Crippen LogP contribution in [0.25, 0.3) is 0 Å². The first-order valence-corrected chi connectivity index (χ1v) is 7.94. The van der Waals surface area contributed by atoms with E-state index in [1.54, 1.807) is 7.11 Å². The molecule has 106 valence electrons. The molecule has 0 aliphatic carbocycles. The lowest BCUT2D eigenvalue weighted by Crippen LogP contribution is -2.00. The quantitative estimate of drug-likeness (QED) is 0.775. The molecule has 0 saturated heterocycles. The third kappa shape index (κ3) is 4.08. The second kappa shape index (κ2) is 7.25. The zero-order valence-corrected chi connectivity index (χ0v) is 14.3.